The fraction of sp³-hybridized carbons (Fsp3) is 0.571. The van der Waals surface area contributed by atoms with Crippen LogP contribution in [-0.4, -0.2) is 13.1 Å². The summed E-state index contributed by atoms with van der Waals surface area (Å²) in [6.07, 6.45) is -2.18. The molecule has 100 valence electrons. The van der Waals surface area contributed by atoms with E-state index in [2.05, 4.69) is 12.2 Å². The Kier molecular flexibility index (Phi) is 3.95. The van der Waals surface area contributed by atoms with Gasteiger partial charge in [-0.05, 0) is 49.0 Å². The van der Waals surface area contributed by atoms with Crippen LogP contribution in [0.25, 0.3) is 0 Å². The molecule has 1 saturated heterocycles. The Labute approximate surface area is 105 Å². The maximum atomic E-state index is 12.5. The molecular formula is C14H18F3N. The van der Waals surface area contributed by atoms with E-state index in [9.17, 15) is 13.2 Å². The Morgan fingerprint density at radius 1 is 1.22 bits per heavy atom. The molecule has 4 heteroatoms. The zero-order valence-corrected chi connectivity index (χ0v) is 10.4. The standard InChI is InChI=1S/C14H18F3N/c1-2-10-9-18-8-7-13(10)11-3-5-12(6-4-11)14(15,16)17/h3-6,10,13,18H,2,7-9H2,1H3. The first kappa shape index (κ1) is 13.4. The number of hydrogen-bond donors (Lipinski definition) is 1. The number of alkyl halides is 3. The molecule has 0 saturated carbocycles. The summed E-state index contributed by atoms with van der Waals surface area (Å²) in [4.78, 5) is 0. The average molecular weight is 257 g/mol. The van der Waals surface area contributed by atoms with Crippen molar-refractivity contribution in [3.63, 3.8) is 0 Å². The van der Waals surface area contributed by atoms with Gasteiger partial charge in [0.15, 0.2) is 0 Å². The van der Waals surface area contributed by atoms with Crippen molar-refractivity contribution in [3.8, 4) is 0 Å². The van der Waals surface area contributed by atoms with Crippen LogP contribution in [0.2, 0.25) is 0 Å². The van der Waals surface area contributed by atoms with E-state index < -0.39 is 11.7 Å². The van der Waals surface area contributed by atoms with Crippen molar-refractivity contribution in [3.05, 3.63) is 35.4 Å². The first-order valence-corrected chi connectivity index (χ1v) is 6.40. The molecule has 2 atom stereocenters. The molecule has 0 spiro atoms. The summed E-state index contributed by atoms with van der Waals surface area (Å²) < 4.78 is 37.5. The largest absolute Gasteiger partial charge is 0.416 e. The van der Waals surface area contributed by atoms with E-state index in [0.29, 0.717) is 11.8 Å². The van der Waals surface area contributed by atoms with Gasteiger partial charge in [0.2, 0.25) is 0 Å². The molecule has 0 aliphatic carbocycles. The lowest BCUT2D eigenvalue weighted by atomic mass is 9.79. The molecule has 1 aliphatic rings. The highest BCUT2D eigenvalue weighted by Crippen LogP contribution is 2.34. The van der Waals surface area contributed by atoms with Gasteiger partial charge in [0.25, 0.3) is 0 Å². The molecule has 1 heterocycles. The zero-order valence-electron chi connectivity index (χ0n) is 10.4. The summed E-state index contributed by atoms with van der Waals surface area (Å²) in [5, 5.41) is 3.34. The van der Waals surface area contributed by atoms with Gasteiger partial charge in [-0.15, -0.1) is 0 Å². The third kappa shape index (κ3) is 2.86. The van der Waals surface area contributed by atoms with E-state index in [0.717, 1.165) is 31.5 Å². The molecule has 1 nitrogen and oxygen atoms in total. The van der Waals surface area contributed by atoms with Crippen LogP contribution in [0.3, 0.4) is 0 Å². The Morgan fingerprint density at radius 3 is 2.44 bits per heavy atom. The van der Waals surface area contributed by atoms with Crippen LogP contribution < -0.4 is 5.32 Å². The third-order valence-corrected chi connectivity index (χ3v) is 3.80. The van der Waals surface area contributed by atoms with Gasteiger partial charge in [0.1, 0.15) is 0 Å². The molecule has 0 aromatic heterocycles. The van der Waals surface area contributed by atoms with Gasteiger partial charge in [-0.1, -0.05) is 25.5 Å². The number of nitrogens with one attached hydrogen (secondary N) is 1. The number of rotatable bonds is 2. The first-order chi connectivity index (χ1) is 8.52. The van der Waals surface area contributed by atoms with Gasteiger partial charge in [-0.2, -0.15) is 13.2 Å². The minimum absolute atomic E-state index is 0.388. The molecule has 1 fully saturated rings. The maximum absolute atomic E-state index is 12.5. The minimum atomic E-state index is -4.24. The predicted octanol–water partition coefficient (Wildman–Crippen LogP) is 3.81. The normalized spacial score (nSPS) is 25.1. The molecule has 2 unspecified atom stereocenters. The van der Waals surface area contributed by atoms with Gasteiger partial charge in [-0.25, -0.2) is 0 Å². The highest BCUT2D eigenvalue weighted by Gasteiger charge is 2.31. The van der Waals surface area contributed by atoms with Crippen molar-refractivity contribution in [1.29, 1.82) is 0 Å². The van der Waals surface area contributed by atoms with Gasteiger partial charge < -0.3 is 5.32 Å². The van der Waals surface area contributed by atoms with E-state index in [1.165, 1.54) is 12.1 Å². The number of benzene rings is 1. The highest BCUT2D eigenvalue weighted by atomic mass is 19.4. The van der Waals surface area contributed by atoms with Crippen LogP contribution in [0.1, 0.15) is 36.8 Å². The fourth-order valence-electron chi connectivity index (χ4n) is 2.71. The summed E-state index contributed by atoms with van der Waals surface area (Å²) in [6.45, 7) is 4.04. The van der Waals surface area contributed by atoms with Crippen LogP contribution in [0.5, 0.6) is 0 Å². The van der Waals surface area contributed by atoms with Crippen molar-refractivity contribution in [1.82, 2.24) is 5.32 Å². The van der Waals surface area contributed by atoms with Gasteiger partial charge in [-0.3, -0.25) is 0 Å². The molecule has 0 bridgehead atoms. The van der Waals surface area contributed by atoms with Gasteiger partial charge >= 0.3 is 6.18 Å². The van der Waals surface area contributed by atoms with Crippen LogP contribution >= 0.6 is 0 Å². The molecule has 1 aromatic carbocycles. The lowest BCUT2D eigenvalue weighted by Crippen LogP contribution is -2.35. The smallest absolute Gasteiger partial charge is 0.316 e. The van der Waals surface area contributed by atoms with Crippen molar-refractivity contribution < 1.29 is 13.2 Å². The third-order valence-electron chi connectivity index (χ3n) is 3.80. The van der Waals surface area contributed by atoms with Crippen molar-refractivity contribution in [2.75, 3.05) is 13.1 Å². The summed E-state index contributed by atoms with van der Waals surface area (Å²) in [5.74, 6) is 0.911. The Morgan fingerprint density at radius 2 is 1.89 bits per heavy atom. The average Bonchev–Trinajstić information content (AvgIpc) is 2.38. The van der Waals surface area contributed by atoms with Gasteiger partial charge in [0.05, 0.1) is 5.56 Å². The fourth-order valence-corrected chi connectivity index (χ4v) is 2.71. The summed E-state index contributed by atoms with van der Waals surface area (Å²) in [7, 11) is 0. The minimum Gasteiger partial charge on any atom is -0.316 e. The van der Waals surface area contributed by atoms with Crippen molar-refractivity contribution in [2.24, 2.45) is 5.92 Å². The molecule has 0 amide bonds. The monoisotopic (exact) mass is 257 g/mol. The SMILES string of the molecule is CCC1CNCCC1c1ccc(C(F)(F)F)cc1. The Hall–Kier alpha value is -1.03. The second-order valence-corrected chi connectivity index (χ2v) is 4.89. The van der Waals surface area contributed by atoms with E-state index in [1.54, 1.807) is 12.1 Å². The molecule has 1 N–H and O–H groups in total. The van der Waals surface area contributed by atoms with Crippen LogP contribution in [0, 0.1) is 5.92 Å². The number of piperidine rings is 1. The molecular weight excluding hydrogens is 239 g/mol. The topological polar surface area (TPSA) is 12.0 Å². The summed E-state index contributed by atoms with van der Waals surface area (Å²) >= 11 is 0. The molecule has 1 aliphatic heterocycles. The predicted molar refractivity (Wildman–Crippen MR) is 65.5 cm³/mol. The summed E-state index contributed by atoms with van der Waals surface area (Å²) in [5.41, 5.74) is 0.476. The number of halogens is 3. The molecule has 1 aromatic rings. The highest BCUT2D eigenvalue weighted by molar-refractivity contribution is 5.28. The van der Waals surface area contributed by atoms with E-state index in [-0.39, 0.29) is 0 Å². The van der Waals surface area contributed by atoms with Crippen LogP contribution in [0.15, 0.2) is 24.3 Å². The van der Waals surface area contributed by atoms with E-state index in [4.69, 9.17) is 0 Å². The van der Waals surface area contributed by atoms with E-state index in [1.807, 2.05) is 0 Å². The molecule has 18 heavy (non-hydrogen) atoms. The first-order valence-electron chi connectivity index (χ1n) is 6.40. The molecule has 2 rings (SSSR count). The summed E-state index contributed by atoms with van der Waals surface area (Å²) in [6, 6.07) is 5.68. The lowest BCUT2D eigenvalue weighted by Gasteiger charge is -2.32. The maximum Gasteiger partial charge on any atom is 0.416 e. The molecule has 0 radical (unpaired) electrons. The zero-order chi connectivity index (χ0) is 13.2. The second-order valence-electron chi connectivity index (χ2n) is 4.89. The quantitative estimate of drug-likeness (QED) is 0.849. The number of hydrogen-bond acceptors (Lipinski definition) is 1. The van der Waals surface area contributed by atoms with Crippen LogP contribution in [-0.2, 0) is 6.18 Å². The van der Waals surface area contributed by atoms with Crippen molar-refractivity contribution in [2.45, 2.75) is 31.9 Å². The van der Waals surface area contributed by atoms with Crippen LogP contribution in [0.4, 0.5) is 13.2 Å². The Balaban J connectivity index is 2.18. The van der Waals surface area contributed by atoms with E-state index >= 15 is 0 Å². The van der Waals surface area contributed by atoms with Crippen molar-refractivity contribution >= 4 is 0 Å². The Bertz CT molecular complexity index is 383. The second kappa shape index (κ2) is 5.31. The lowest BCUT2D eigenvalue weighted by molar-refractivity contribution is -0.137. The van der Waals surface area contributed by atoms with Gasteiger partial charge in [0, 0.05) is 0 Å².